The Morgan fingerprint density at radius 3 is 2.33 bits per heavy atom. The van der Waals surface area contributed by atoms with Gasteiger partial charge in [0, 0.05) is 9.65 Å². The molecule has 2 heteroatoms. The molecule has 0 fully saturated rings. The van der Waals surface area contributed by atoms with E-state index in [1.54, 1.807) is 0 Å². The number of rotatable bonds is 4. The fourth-order valence-electron chi connectivity index (χ4n) is 0.580. The van der Waals surface area contributed by atoms with Crippen molar-refractivity contribution in [3.63, 3.8) is 0 Å². The molecule has 0 aromatic heterocycles. The Labute approximate surface area is 74.7 Å². The van der Waals surface area contributed by atoms with Crippen LogP contribution in [0, 0.1) is 6.92 Å². The van der Waals surface area contributed by atoms with Crippen LogP contribution in [0.2, 0.25) is 0 Å². The topological polar surface area (TPSA) is 0 Å². The minimum absolute atomic E-state index is 0.351. The molecule has 0 saturated heterocycles. The van der Waals surface area contributed by atoms with Crippen molar-refractivity contribution in [3.05, 3.63) is 6.92 Å². The summed E-state index contributed by atoms with van der Waals surface area (Å²) in [7, 11) is 0. The van der Waals surface area contributed by atoms with Crippen molar-refractivity contribution >= 4 is 31.9 Å². The summed E-state index contributed by atoms with van der Waals surface area (Å²) in [5, 5.41) is 0. The summed E-state index contributed by atoms with van der Waals surface area (Å²) in [6.45, 7) is 6.06. The van der Waals surface area contributed by atoms with E-state index in [0.717, 1.165) is 0 Å². The van der Waals surface area contributed by atoms with Crippen LogP contribution >= 0.6 is 31.9 Å². The first-order valence-electron chi connectivity index (χ1n) is 3.29. The monoisotopic (exact) mass is 255 g/mol. The maximum Gasteiger partial charge on any atom is 0.0271 e. The minimum atomic E-state index is 0.351. The van der Waals surface area contributed by atoms with Crippen molar-refractivity contribution in [2.75, 3.05) is 0 Å². The summed E-state index contributed by atoms with van der Waals surface area (Å²) < 4.78 is 0. The van der Waals surface area contributed by atoms with Gasteiger partial charge in [0.05, 0.1) is 0 Å². The van der Waals surface area contributed by atoms with E-state index in [9.17, 15) is 0 Å². The Morgan fingerprint density at radius 1 is 1.44 bits per heavy atom. The minimum Gasteiger partial charge on any atom is -0.0879 e. The van der Waals surface area contributed by atoms with E-state index in [1.165, 1.54) is 19.3 Å². The van der Waals surface area contributed by atoms with E-state index in [1.807, 2.05) is 0 Å². The van der Waals surface area contributed by atoms with Crippen molar-refractivity contribution < 1.29 is 0 Å². The highest BCUT2D eigenvalue weighted by molar-refractivity contribution is 9.12. The Hall–Kier alpha value is 0.960. The Morgan fingerprint density at radius 2 is 2.00 bits per heavy atom. The van der Waals surface area contributed by atoms with Gasteiger partial charge in [-0.3, -0.25) is 0 Å². The van der Waals surface area contributed by atoms with E-state index in [4.69, 9.17) is 0 Å². The number of hydrogen-bond acceptors (Lipinski definition) is 0. The van der Waals surface area contributed by atoms with Gasteiger partial charge in [-0.15, -0.1) is 0 Å². The van der Waals surface area contributed by atoms with Gasteiger partial charge >= 0.3 is 0 Å². The lowest BCUT2D eigenvalue weighted by Crippen LogP contribution is -2.09. The second kappa shape index (κ2) is 5.72. The van der Waals surface area contributed by atoms with E-state index in [-0.39, 0.29) is 0 Å². The van der Waals surface area contributed by atoms with Crippen molar-refractivity contribution in [1.82, 2.24) is 0 Å². The average molecular weight is 257 g/mol. The standard InChI is InChI=1S/C7H13Br2/c1-3-4-5-7(9)6(2)8/h6-7H,2-5H2,1H3. The van der Waals surface area contributed by atoms with E-state index >= 15 is 0 Å². The molecular formula is C7H13Br2. The van der Waals surface area contributed by atoms with E-state index in [2.05, 4.69) is 45.7 Å². The van der Waals surface area contributed by atoms with Gasteiger partial charge in [0.15, 0.2) is 0 Å². The molecule has 0 spiro atoms. The van der Waals surface area contributed by atoms with Gasteiger partial charge in [0.1, 0.15) is 0 Å². The molecule has 0 aliphatic heterocycles. The van der Waals surface area contributed by atoms with Crippen LogP contribution in [0.4, 0.5) is 0 Å². The van der Waals surface area contributed by atoms with Crippen molar-refractivity contribution in [3.8, 4) is 0 Å². The maximum absolute atomic E-state index is 3.86. The van der Waals surface area contributed by atoms with Crippen LogP contribution in [0.1, 0.15) is 26.2 Å². The predicted octanol–water partition coefficient (Wildman–Crippen LogP) is 3.54. The quantitative estimate of drug-likeness (QED) is 0.675. The lowest BCUT2D eigenvalue weighted by molar-refractivity contribution is 0.702. The number of halogens is 2. The SMILES string of the molecule is [CH2]C(Br)C(Br)CCCC. The van der Waals surface area contributed by atoms with Gasteiger partial charge in [-0.05, 0) is 13.3 Å². The molecule has 2 atom stereocenters. The molecule has 2 unspecified atom stereocenters. The van der Waals surface area contributed by atoms with Gasteiger partial charge in [0.25, 0.3) is 0 Å². The zero-order chi connectivity index (χ0) is 7.28. The van der Waals surface area contributed by atoms with Crippen LogP contribution in [-0.4, -0.2) is 9.65 Å². The van der Waals surface area contributed by atoms with Crippen molar-refractivity contribution in [2.24, 2.45) is 0 Å². The first-order valence-corrected chi connectivity index (χ1v) is 5.12. The Balaban J connectivity index is 3.16. The molecule has 9 heavy (non-hydrogen) atoms. The normalized spacial score (nSPS) is 17.3. The van der Waals surface area contributed by atoms with Crippen molar-refractivity contribution in [1.29, 1.82) is 0 Å². The van der Waals surface area contributed by atoms with Crippen LogP contribution in [0.5, 0.6) is 0 Å². The van der Waals surface area contributed by atoms with Crippen LogP contribution in [0.25, 0.3) is 0 Å². The zero-order valence-electron chi connectivity index (χ0n) is 5.74. The molecule has 0 aromatic rings. The maximum atomic E-state index is 3.86. The first-order chi connectivity index (χ1) is 4.18. The van der Waals surface area contributed by atoms with Crippen LogP contribution in [-0.2, 0) is 0 Å². The van der Waals surface area contributed by atoms with E-state index < -0.39 is 0 Å². The smallest absolute Gasteiger partial charge is 0.0271 e. The molecule has 0 heterocycles. The van der Waals surface area contributed by atoms with Crippen LogP contribution < -0.4 is 0 Å². The molecule has 0 aliphatic rings. The highest BCUT2D eigenvalue weighted by atomic mass is 79.9. The largest absolute Gasteiger partial charge is 0.0879 e. The first kappa shape index (κ1) is 9.96. The molecule has 0 rings (SSSR count). The highest BCUT2D eigenvalue weighted by Gasteiger charge is 2.08. The lowest BCUT2D eigenvalue weighted by atomic mass is 10.2. The van der Waals surface area contributed by atoms with Gasteiger partial charge in [-0.1, -0.05) is 51.6 Å². The number of unbranched alkanes of at least 4 members (excludes halogenated alkanes) is 1. The van der Waals surface area contributed by atoms with Crippen molar-refractivity contribution in [2.45, 2.75) is 35.8 Å². The fourth-order valence-corrected chi connectivity index (χ4v) is 1.17. The molecule has 0 bridgehead atoms. The molecule has 1 radical (unpaired) electrons. The van der Waals surface area contributed by atoms with Crippen LogP contribution in [0.3, 0.4) is 0 Å². The predicted molar refractivity (Wildman–Crippen MR) is 50.3 cm³/mol. The third kappa shape index (κ3) is 5.41. The van der Waals surface area contributed by atoms with E-state index in [0.29, 0.717) is 9.65 Å². The van der Waals surface area contributed by atoms with Gasteiger partial charge < -0.3 is 0 Å². The molecule has 55 valence electrons. The number of alkyl halides is 2. The summed E-state index contributed by atoms with van der Waals surface area (Å²) in [5.74, 6) is 0. The summed E-state index contributed by atoms with van der Waals surface area (Å²) in [4.78, 5) is 0.890. The zero-order valence-corrected chi connectivity index (χ0v) is 8.91. The summed E-state index contributed by atoms with van der Waals surface area (Å²) in [5.41, 5.74) is 0. The van der Waals surface area contributed by atoms with Gasteiger partial charge in [0.2, 0.25) is 0 Å². The fraction of sp³-hybridized carbons (Fsp3) is 0.857. The lowest BCUT2D eigenvalue weighted by Gasteiger charge is -2.09. The third-order valence-corrected chi connectivity index (χ3v) is 3.67. The average Bonchev–Trinajstić information content (AvgIpc) is 1.82. The third-order valence-electron chi connectivity index (χ3n) is 1.23. The summed E-state index contributed by atoms with van der Waals surface area (Å²) >= 11 is 6.95. The highest BCUT2D eigenvalue weighted by Crippen LogP contribution is 2.18. The summed E-state index contributed by atoms with van der Waals surface area (Å²) in [6.07, 6.45) is 3.77. The molecule has 0 amide bonds. The molecule has 0 saturated carbocycles. The van der Waals surface area contributed by atoms with Crippen LogP contribution in [0.15, 0.2) is 0 Å². The molecule has 0 N–H and O–H groups in total. The second-order valence-electron chi connectivity index (χ2n) is 2.17. The molecule has 0 aromatic carbocycles. The Kier molecular flexibility index (Phi) is 6.33. The molecule has 0 nitrogen and oxygen atoms in total. The van der Waals surface area contributed by atoms with Gasteiger partial charge in [-0.25, -0.2) is 0 Å². The Bertz CT molecular complexity index is 61.9. The number of hydrogen-bond donors (Lipinski definition) is 0. The van der Waals surface area contributed by atoms with Gasteiger partial charge in [-0.2, -0.15) is 0 Å². The second-order valence-corrected chi connectivity index (χ2v) is 4.53. The summed E-state index contributed by atoms with van der Waals surface area (Å²) in [6, 6.07) is 0. The molecular weight excluding hydrogens is 244 g/mol. The molecule has 0 aliphatic carbocycles.